The van der Waals surface area contributed by atoms with Crippen LogP contribution in [0.3, 0.4) is 0 Å². The van der Waals surface area contributed by atoms with Crippen LogP contribution in [-0.4, -0.2) is 50.1 Å². The molecule has 0 saturated heterocycles. The third-order valence-electron chi connectivity index (χ3n) is 6.97. The number of hydrogen-bond donors (Lipinski definition) is 1. The minimum absolute atomic E-state index is 0.00943. The Hall–Kier alpha value is -3.77. The van der Waals surface area contributed by atoms with Gasteiger partial charge < -0.3 is 24.1 Å². The predicted octanol–water partition coefficient (Wildman–Crippen LogP) is 7.15. The van der Waals surface area contributed by atoms with Crippen molar-refractivity contribution in [1.82, 2.24) is 0 Å². The lowest BCUT2D eigenvalue weighted by Gasteiger charge is -2.14. The molecule has 1 atom stereocenters. The van der Waals surface area contributed by atoms with Gasteiger partial charge in [-0.1, -0.05) is 6.92 Å². The van der Waals surface area contributed by atoms with Crippen LogP contribution in [0.25, 0.3) is 20.2 Å². The molecule has 2 heterocycles. The maximum atomic E-state index is 15.4. The summed E-state index contributed by atoms with van der Waals surface area (Å²) in [6.07, 6.45) is 1.78. The molecule has 1 N–H and O–H groups in total. The number of carboxylic acids is 1. The molecule has 0 spiro atoms. The van der Waals surface area contributed by atoms with Gasteiger partial charge in [0, 0.05) is 51.1 Å². The van der Waals surface area contributed by atoms with Gasteiger partial charge >= 0.3 is 5.97 Å². The van der Waals surface area contributed by atoms with Crippen LogP contribution in [0.5, 0.6) is 23.0 Å². The van der Waals surface area contributed by atoms with Gasteiger partial charge in [-0.05, 0) is 25.0 Å². The SMILES string of the molecule is COc1cc2sc(C(=O)C[C@H](C)C(=O)O)cc2c(F)c1OCCCOc1c(OC)cc2sc(C(=O)C3CC3)cc2c1F. The molecule has 0 unspecified atom stereocenters. The molecule has 4 aromatic rings. The normalized spacial score (nSPS) is 13.7. The number of carbonyl (C=O) groups is 3. The summed E-state index contributed by atoms with van der Waals surface area (Å²) in [6.45, 7) is 1.48. The Morgan fingerprint density at radius 2 is 1.38 bits per heavy atom. The van der Waals surface area contributed by atoms with E-state index in [1.807, 2.05) is 0 Å². The Bertz CT molecular complexity index is 1690. The molecule has 0 amide bonds. The molecule has 8 nitrogen and oxygen atoms in total. The van der Waals surface area contributed by atoms with E-state index in [0.29, 0.717) is 19.7 Å². The third-order valence-corrected chi connectivity index (χ3v) is 9.19. The summed E-state index contributed by atoms with van der Waals surface area (Å²) in [5, 5.41) is 9.54. The Labute approximate surface area is 247 Å². The van der Waals surface area contributed by atoms with Crippen molar-refractivity contribution in [1.29, 1.82) is 0 Å². The van der Waals surface area contributed by atoms with E-state index in [-0.39, 0.29) is 71.0 Å². The number of Topliss-reactive ketones (excluding diaryl/α,β-unsaturated/α-hetero) is 2. The fraction of sp³-hybridized carbons (Fsp3) is 0.367. The molecule has 12 heteroatoms. The van der Waals surface area contributed by atoms with E-state index >= 15 is 8.78 Å². The summed E-state index contributed by atoms with van der Waals surface area (Å²) in [7, 11) is 2.77. The Balaban J connectivity index is 1.26. The number of methoxy groups -OCH3 is 2. The molecule has 1 fully saturated rings. The van der Waals surface area contributed by atoms with E-state index < -0.39 is 29.3 Å². The minimum atomic E-state index is -1.08. The fourth-order valence-corrected chi connectivity index (χ4v) is 6.59. The van der Waals surface area contributed by atoms with Gasteiger partial charge in [0.15, 0.2) is 46.2 Å². The highest BCUT2D eigenvalue weighted by Gasteiger charge is 2.32. The van der Waals surface area contributed by atoms with E-state index in [4.69, 9.17) is 24.1 Å². The minimum Gasteiger partial charge on any atom is -0.493 e. The quantitative estimate of drug-likeness (QED) is 0.117. The number of hydrogen-bond acceptors (Lipinski definition) is 9. The van der Waals surface area contributed by atoms with Crippen LogP contribution in [0.1, 0.15) is 52.0 Å². The first-order valence-electron chi connectivity index (χ1n) is 13.3. The summed E-state index contributed by atoms with van der Waals surface area (Å²) in [5.74, 6) is -3.49. The lowest BCUT2D eigenvalue weighted by Crippen LogP contribution is -2.13. The van der Waals surface area contributed by atoms with E-state index in [1.54, 1.807) is 18.2 Å². The molecular weight excluding hydrogens is 590 g/mol. The van der Waals surface area contributed by atoms with Gasteiger partial charge in [-0.25, -0.2) is 8.78 Å². The van der Waals surface area contributed by atoms with Crippen molar-refractivity contribution in [2.75, 3.05) is 27.4 Å². The van der Waals surface area contributed by atoms with Gasteiger partial charge in [0.05, 0.1) is 43.1 Å². The van der Waals surface area contributed by atoms with Crippen molar-refractivity contribution in [3.05, 3.63) is 45.7 Å². The van der Waals surface area contributed by atoms with Crippen LogP contribution >= 0.6 is 22.7 Å². The number of carbonyl (C=O) groups excluding carboxylic acids is 2. The van der Waals surface area contributed by atoms with E-state index in [1.165, 1.54) is 38.5 Å². The second-order valence-electron chi connectivity index (χ2n) is 10.0. The molecule has 2 aromatic carbocycles. The maximum Gasteiger partial charge on any atom is 0.306 e. The van der Waals surface area contributed by atoms with Crippen molar-refractivity contribution in [2.24, 2.45) is 11.8 Å². The van der Waals surface area contributed by atoms with Crippen LogP contribution in [0.2, 0.25) is 0 Å². The number of benzene rings is 2. The molecule has 0 radical (unpaired) electrons. The van der Waals surface area contributed by atoms with E-state index in [9.17, 15) is 14.4 Å². The van der Waals surface area contributed by atoms with Crippen LogP contribution in [0.4, 0.5) is 8.78 Å². The zero-order chi connectivity index (χ0) is 30.1. The number of rotatable bonds is 14. The summed E-state index contributed by atoms with van der Waals surface area (Å²) in [5.41, 5.74) is 0. The first-order valence-corrected chi connectivity index (χ1v) is 14.9. The second-order valence-corrected chi connectivity index (χ2v) is 12.2. The maximum absolute atomic E-state index is 15.4. The fourth-order valence-electron chi connectivity index (χ4n) is 4.45. The lowest BCUT2D eigenvalue weighted by atomic mass is 10.0. The van der Waals surface area contributed by atoms with Crippen LogP contribution in [0, 0.1) is 23.5 Å². The summed E-state index contributed by atoms with van der Waals surface area (Å²) >= 11 is 2.28. The predicted molar refractivity (Wildman–Crippen MR) is 155 cm³/mol. The molecule has 5 rings (SSSR count). The van der Waals surface area contributed by atoms with Crippen LogP contribution < -0.4 is 18.9 Å². The number of carboxylic acid groups (broad SMARTS) is 1. The molecule has 1 aliphatic rings. The molecule has 0 bridgehead atoms. The molecule has 1 saturated carbocycles. The highest BCUT2D eigenvalue weighted by molar-refractivity contribution is 7.21. The summed E-state index contributed by atoms with van der Waals surface area (Å²) in [6, 6.07) is 6.16. The number of thiophene rings is 2. The first kappa shape index (κ1) is 29.7. The zero-order valence-corrected chi connectivity index (χ0v) is 24.7. The number of fused-ring (bicyclic) bond motifs is 2. The van der Waals surface area contributed by atoms with Gasteiger partial charge in [-0.2, -0.15) is 0 Å². The molecular formula is C30H28F2O8S2. The van der Waals surface area contributed by atoms with E-state index in [2.05, 4.69) is 0 Å². The number of ketones is 2. The van der Waals surface area contributed by atoms with Crippen molar-refractivity contribution in [3.63, 3.8) is 0 Å². The smallest absolute Gasteiger partial charge is 0.306 e. The van der Waals surface area contributed by atoms with Gasteiger partial charge in [-0.3, -0.25) is 14.4 Å². The standard InChI is InChI=1S/C30H28F2O8S2/c1-14(30(35)36)9-18(33)23-10-16-21(41-23)12-19(37-2)28(25(16)31)39-7-4-8-40-29-20(38-3)13-22-17(26(29)32)11-24(42-22)27(34)15-5-6-15/h10-15H,4-9H2,1-3H3,(H,35,36)/t14-/m0/s1. The monoisotopic (exact) mass is 618 g/mol. The van der Waals surface area contributed by atoms with Crippen LogP contribution in [-0.2, 0) is 4.79 Å². The van der Waals surface area contributed by atoms with Gasteiger partial charge in [0.2, 0.25) is 0 Å². The molecule has 2 aromatic heterocycles. The highest BCUT2D eigenvalue weighted by Crippen LogP contribution is 2.43. The lowest BCUT2D eigenvalue weighted by molar-refractivity contribution is -0.141. The molecule has 42 heavy (non-hydrogen) atoms. The molecule has 222 valence electrons. The van der Waals surface area contributed by atoms with Gasteiger partial charge in [-0.15, -0.1) is 22.7 Å². The van der Waals surface area contributed by atoms with Crippen molar-refractivity contribution < 1.29 is 47.2 Å². The summed E-state index contributed by atoms with van der Waals surface area (Å²) in [4.78, 5) is 36.9. The molecule has 1 aliphatic carbocycles. The Morgan fingerprint density at radius 1 is 0.881 bits per heavy atom. The average Bonchev–Trinajstić information content (AvgIpc) is 3.58. The number of aliphatic carboxylic acids is 1. The second kappa shape index (κ2) is 12.2. The number of ether oxygens (including phenoxy) is 4. The van der Waals surface area contributed by atoms with Crippen molar-refractivity contribution in [2.45, 2.75) is 32.6 Å². The Morgan fingerprint density at radius 3 is 1.86 bits per heavy atom. The van der Waals surface area contributed by atoms with Crippen molar-refractivity contribution >= 4 is 60.4 Å². The zero-order valence-electron chi connectivity index (χ0n) is 23.1. The summed E-state index contributed by atoms with van der Waals surface area (Å²) < 4.78 is 53.9. The largest absolute Gasteiger partial charge is 0.493 e. The first-order chi connectivity index (χ1) is 20.1. The van der Waals surface area contributed by atoms with Crippen LogP contribution in [0.15, 0.2) is 24.3 Å². The number of halogens is 2. The van der Waals surface area contributed by atoms with Gasteiger partial charge in [0.25, 0.3) is 0 Å². The Kier molecular flexibility index (Phi) is 8.65. The average molecular weight is 619 g/mol. The topological polar surface area (TPSA) is 108 Å². The highest BCUT2D eigenvalue weighted by atomic mass is 32.1. The molecule has 0 aliphatic heterocycles. The van der Waals surface area contributed by atoms with Crippen molar-refractivity contribution in [3.8, 4) is 23.0 Å². The van der Waals surface area contributed by atoms with E-state index in [0.717, 1.165) is 24.2 Å². The van der Waals surface area contributed by atoms with Gasteiger partial charge in [0.1, 0.15) is 0 Å². The third kappa shape index (κ3) is 5.91.